The smallest absolute Gasteiger partial charge is 0.322 e. The van der Waals surface area contributed by atoms with E-state index in [2.05, 4.69) is 5.32 Å². The fourth-order valence-corrected chi connectivity index (χ4v) is 4.14. The highest BCUT2D eigenvalue weighted by Crippen LogP contribution is 2.38. The number of aliphatic hydroxyl groups is 1. The number of carbonyl (C=O) groups is 5. The van der Waals surface area contributed by atoms with Gasteiger partial charge < -0.3 is 19.9 Å². The number of esters is 2. The van der Waals surface area contributed by atoms with Crippen molar-refractivity contribution in [1.82, 2.24) is 5.32 Å². The number of carbonyl (C=O) groups excluding carboxylic acids is 5. The van der Waals surface area contributed by atoms with Crippen molar-refractivity contribution in [2.24, 2.45) is 11.3 Å². The normalized spacial score (nSPS) is 36.2. The number of nitrogens with one attached hydrogen (secondary N) is 1. The van der Waals surface area contributed by atoms with Crippen LogP contribution in [-0.2, 0) is 33.4 Å². The minimum absolute atomic E-state index is 0.00940. The number of amides is 1. The number of hydrogen-bond donors (Lipinski definition) is 2. The van der Waals surface area contributed by atoms with Crippen LogP contribution in [0.2, 0.25) is 0 Å². The first-order chi connectivity index (χ1) is 16.7. The highest BCUT2D eigenvalue weighted by Gasteiger charge is 2.56. The van der Waals surface area contributed by atoms with Gasteiger partial charge >= 0.3 is 11.9 Å². The van der Waals surface area contributed by atoms with Gasteiger partial charge in [0.15, 0.2) is 5.78 Å². The Kier molecular flexibility index (Phi) is 9.69. The molecule has 1 aliphatic carbocycles. The van der Waals surface area contributed by atoms with Gasteiger partial charge in [-0.3, -0.25) is 24.0 Å². The Hall–Kier alpha value is -3.33. The maximum atomic E-state index is 13.5. The SMILES string of the molecule is CC(=O)O[C@@H]1/C=C/C(C)=C/[C@@H](NC(=O)C(C)=O)[C@]2(C)C(=O)O[C@H](C[C@H](O)/C=C/C(C)=C/C1)[C@@H](C)C2=O. The first-order valence-electron chi connectivity index (χ1n) is 11.9. The molecule has 36 heavy (non-hydrogen) atoms. The van der Waals surface area contributed by atoms with Crippen LogP contribution in [0, 0.1) is 11.3 Å². The molecule has 0 aromatic heterocycles. The van der Waals surface area contributed by atoms with Gasteiger partial charge in [0.2, 0.25) is 5.78 Å². The van der Waals surface area contributed by atoms with Crippen LogP contribution >= 0.6 is 0 Å². The van der Waals surface area contributed by atoms with E-state index in [0.29, 0.717) is 12.0 Å². The maximum Gasteiger partial charge on any atom is 0.322 e. The lowest BCUT2D eigenvalue weighted by atomic mass is 9.69. The summed E-state index contributed by atoms with van der Waals surface area (Å²) in [5, 5.41) is 13.0. The summed E-state index contributed by atoms with van der Waals surface area (Å²) in [6.07, 6.45) is 7.84. The van der Waals surface area contributed by atoms with E-state index in [4.69, 9.17) is 9.47 Å². The Balaban J connectivity index is 2.62. The van der Waals surface area contributed by atoms with Crippen LogP contribution in [0.25, 0.3) is 0 Å². The molecule has 2 heterocycles. The molecule has 1 saturated heterocycles. The second kappa shape index (κ2) is 12.1. The summed E-state index contributed by atoms with van der Waals surface area (Å²) in [6.45, 7) is 8.89. The predicted octanol–water partition coefficient (Wildman–Crippen LogP) is 2.29. The first kappa shape index (κ1) is 28.9. The first-order valence-corrected chi connectivity index (χ1v) is 11.9. The van der Waals surface area contributed by atoms with Crippen LogP contribution < -0.4 is 5.32 Å². The van der Waals surface area contributed by atoms with E-state index in [1.54, 1.807) is 38.2 Å². The average Bonchev–Trinajstić information content (AvgIpc) is 2.80. The van der Waals surface area contributed by atoms with Crippen molar-refractivity contribution in [2.75, 3.05) is 0 Å². The van der Waals surface area contributed by atoms with Crippen molar-refractivity contribution < 1.29 is 38.6 Å². The third-order valence-electron chi connectivity index (χ3n) is 6.44. The van der Waals surface area contributed by atoms with Gasteiger partial charge in [-0.15, -0.1) is 0 Å². The molecule has 0 aromatic carbocycles. The zero-order valence-corrected chi connectivity index (χ0v) is 21.6. The van der Waals surface area contributed by atoms with Gasteiger partial charge in [-0.05, 0) is 26.8 Å². The lowest BCUT2D eigenvalue weighted by Crippen LogP contribution is -2.61. The lowest BCUT2D eigenvalue weighted by molar-refractivity contribution is -0.181. The van der Waals surface area contributed by atoms with Crippen LogP contribution in [-0.4, -0.2) is 58.9 Å². The number of aliphatic hydroxyl groups excluding tert-OH is 1. The second-order valence-corrected chi connectivity index (χ2v) is 9.57. The molecule has 9 nitrogen and oxygen atoms in total. The summed E-state index contributed by atoms with van der Waals surface area (Å²) >= 11 is 0. The Morgan fingerprint density at radius 3 is 2.36 bits per heavy atom. The summed E-state index contributed by atoms with van der Waals surface area (Å²) in [6, 6.07) is -1.18. The van der Waals surface area contributed by atoms with E-state index in [1.807, 2.05) is 13.0 Å². The van der Waals surface area contributed by atoms with Gasteiger partial charge in [-0.25, -0.2) is 0 Å². The molecular formula is C27H35NO8. The molecular weight excluding hydrogens is 466 g/mol. The topological polar surface area (TPSA) is 136 Å². The lowest BCUT2D eigenvalue weighted by Gasteiger charge is -2.42. The Bertz CT molecular complexity index is 1040. The van der Waals surface area contributed by atoms with Gasteiger partial charge in [0.05, 0.1) is 18.1 Å². The van der Waals surface area contributed by atoms with E-state index in [-0.39, 0.29) is 6.42 Å². The Morgan fingerprint density at radius 1 is 1.11 bits per heavy atom. The van der Waals surface area contributed by atoms with E-state index in [0.717, 1.165) is 12.5 Å². The monoisotopic (exact) mass is 501 g/mol. The van der Waals surface area contributed by atoms with E-state index >= 15 is 0 Å². The molecule has 1 amide bonds. The maximum absolute atomic E-state index is 13.5. The van der Waals surface area contributed by atoms with Crippen LogP contribution in [0.5, 0.6) is 0 Å². The molecule has 0 aromatic rings. The van der Waals surface area contributed by atoms with Crippen LogP contribution in [0.15, 0.2) is 47.6 Å². The third kappa shape index (κ3) is 7.10. The average molecular weight is 502 g/mol. The molecule has 0 radical (unpaired) electrons. The third-order valence-corrected chi connectivity index (χ3v) is 6.44. The summed E-state index contributed by atoms with van der Waals surface area (Å²) in [5.74, 6) is -4.29. The van der Waals surface area contributed by atoms with Gasteiger partial charge in [-0.2, -0.15) is 0 Å². The van der Waals surface area contributed by atoms with Crippen molar-refractivity contribution in [3.63, 3.8) is 0 Å². The minimum atomic E-state index is -1.81. The Labute approximate surface area is 211 Å². The molecule has 0 saturated carbocycles. The summed E-state index contributed by atoms with van der Waals surface area (Å²) in [7, 11) is 0. The van der Waals surface area contributed by atoms with Crippen LogP contribution in [0.3, 0.4) is 0 Å². The molecule has 0 spiro atoms. The molecule has 9 heteroatoms. The van der Waals surface area contributed by atoms with E-state index in [1.165, 1.54) is 19.9 Å². The summed E-state index contributed by atoms with van der Waals surface area (Å²) in [4.78, 5) is 62.3. The van der Waals surface area contributed by atoms with Gasteiger partial charge in [0.1, 0.15) is 17.6 Å². The number of fused-ring (bicyclic) bond motifs is 10. The number of hydrogen-bond acceptors (Lipinski definition) is 8. The summed E-state index contributed by atoms with van der Waals surface area (Å²) < 4.78 is 11.0. The van der Waals surface area contributed by atoms with Gasteiger partial charge in [-0.1, -0.05) is 48.5 Å². The van der Waals surface area contributed by atoms with Crippen molar-refractivity contribution in [3.8, 4) is 0 Å². The number of ether oxygens (including phenoxy) is 2. The highest BCUT2D eigenvalue weighted by molar-refractivity contribution is 6.35. The molecule has 6 atom stereocenters. The fraction of sp³-hybridized carbons (Fsp3) is 0.519. The van der Waals surface area contributed by atoms with E-state index in [9.17, 15) is 29.1 Å². The standard InChI is InChI=1S/C27H35NO8/c1-15-7-10-20(31)14-22-17(3)24(32)27(6,26(34)36-22)23(28-25(33)18(4)29)13-16(2)9-12-21(11-8-15)35-19(5)30/h7-10,12-13,17,20-23,31H,11,14H2,1-6H3,(H,28,33)/b10-7+,12-9+,15-8+,16-13+/t17-,20-,21+,22-,23-,27+/m1/s1. The zero-order chi connectivity index (χ0) is 27.2. The largest absolute Gasteiger partial charge is 0.461 e. The zero-order valence-electron chi connectivity index (χ0n) is 21.6. The molecule has 2 bridgehead atoms. The van der Waals surface area contributed by atoms with Crippen molar-refractivity contribution in [1.29, 1.82) is 0 Å². The molecule has 3 aliphatic rings. The quantitative estimate of drug-likeness (QED) is 0.342. The number of rotatable bonds is 3. The molecule has 0 unspecified atom stereocenters. The predicted molar refractivity (Wildman–Crippen MR) is 131 cm³/mol. The molecule has 1 fully saturated rings. The highest BCUT2D eigenvalue weighted by atomic mass is 16.6. The van der Waals surface area contributed by atoms with Crippen molar-refractivity contribution in [2.45, 2.75) is 78.7 Å². The fourth-order valence-electron chi connectivity index (χ4n) is 4.14. The molecule has 2 aliphatic heterocycles. The van der Waals surface area contributed by atoms with Crippen molar-refractivity contribution in [3.05, 3.63) is 47.6 Å². The number of allylic oxidation sites excluding steroid dienone is 4. The molecule has 3 rings (SSSR count). The molecule has 2 N–H and O–H groups in total. The van der Waals surface area contributed by atoms with E-state index < -0.39 is 65.1 Å². The van der Waals surface area contributed by atoms with Crippen LogP contribution in [0.1, 0.15) is 54.4 Å². The minimum Gasteiger partial charge on any atom is -0.461 e. The molecule has 196 valence electrons. The Morgan fingerprint density at radius 2 is 1.75 bits per heavy atom. The summed E-state index contributed by atoms with van der Waals surface area (Å²) in [5.41, 5.74) is -0.434. The van der Waals surface area contributed by atoms with Crippen molar-refractivity contribution >= 4 is 29.4 Å². The number of Topliss-reactive ketones (excluding diaryl/α,β-unsaturated/α-hetero) is 2. The van der Waals surface area contributed by atoms with Crippen LogP contribution in [0.4, 0.5) is 0 Å². The number of ketones is 2. The second-order valence-electron chi connectivity index (χ2n) is 9.57. The van der Waals surface area contributed by atoms with Gasteiger partial charge in [0, 0.05) is 26.7 Å². The van der Waals surface area contributed by atoms with Gasteiger partial charge in [0.25, 0.3) is 5.91 Å².